The largest absolute Gasteiger partial charge is 0.504 e. The van der Waals surface area contributed by atoms with Crippen molar-refractivity contribution in [1.82, 2.24) is 0 Å². The number of anilines is 1. The maximum Gasteiger partial charge on any atom is 0.491 e. The lowest BCUT2D eigenvalue weighted by molar-refractivity contribution is -0.189. The van der Waals surface area contributed by atoms with E-state index in [-0.39, 0.29) is 0 Å². The maximum atomic E-state index is 11.8. The zero-order chi connectivity index (χ0) is 12.5. The summed E-state index contributed by atoms with van der Waals surface area (Å²) in [5.74, 6) is -5.25. The molecule has 4 N–H and O–H groups in total. The first-order chi connectivity index (χ1) is 7.23. The van der Waals surface area contributed by atoms with Crippen LogP contribution in [0.15, 0.2) is 12.1 Å². The van der Waals surface area contributed by atoms with Crippen molar-refractivity contribution < 1.29 is 32.9 Å². The SMILES string of the molecule is Nc1ccc(O)c(O)c1OC(=O)C(F)(F)F. The molecule has 0 fully saturated rings. The zero-order valence-corrected chi connectivity index (χ0v) is 7.58. The predicted molar refractivity (Wildman–Crippen MR) is 45.9 cm³/mol. The molecule has 0 aliphatic carbocycles. The van der Waals surface area contributed by atoms with Gasteiger partial charge in [-0.05, 0) is 12.1 Å². The number of carbonyl (C=O) groups is 1. The van der Waals surface area contributed by atoms with E-state index in [1.807, 2.05) is 0 Å². The minimum Gasteiger partial charge on any atom is -0.504 e. The van der Waals surface area contributed by atoms with Crippen molar-refractivity contribution in [1.29, 1.82) is 0 Å². The number of halogens is 3. The molecule has 0 atom stereocenters. The molecule has 16 heavy (non-hydrogen) atoms. The molecule has 0 aliphatic rings. The Balaban J connectivity index is 3.07. The minimum absolute atomic E-state index is 0.409. The van der Waals surface area contributed by atoms with Crippen LogP contribution in [0, 0.1) is 0 Å². The molecule has 0 saturated carbocycles. The number of hydrogen-bond acceptors (Lipinski definition) is 5. The average molecular weight is 237 g/mol. The monoisotopic (exact) mass is 237 g/mol. The quantitative estimate of drug-likeness (QED) is 0.224. The third-order valence-electron chi connectivity index (χ3n) is 1.57. The molecule has 0 saturated heterocycles. The van der Waals surface area contributed by atoms with Crippen molar-refractivity contribution in [2.75, 3.05) is 5.73 Å². The number of esters is 1. The molecule has 0 bridgehead atoms. The molecule has 5 nitrogen and oxygen atoms in total. The first kappa shape index (κ1) is 12.0. The Bertz CT molecular complexity index is 430. The van der Waals surface area contributed by atoms with Gasteiger partial charge < -0.3 is 20.7 Å². The molecule has 8 heteroatoms. The fraction of sp³-hybridized carbons (Fsp3) is 0.125. The number of hydrogen-bond donors (Lipinski definition) is 3. The third-order valence-corrected chi connectivity index (χ3v) is 1.57. The van der Waals surface area contributed by atoms with Gasteiger partial charge in [-0.1, -0.05) is 0 Å². The van der Waals surface area contributed by atoms with Crippen molar-refractivity contribution in [3.05, 3.63) is 12.1 Å². The molecular weight excluding hydrogens is 231 g/mol. The minimum atomic E-state index is -5.22. The van der Waals surface area contributed by atoms with Gasteiger partial charge in [0.2, 0.25) is 5.75 Å². The van der Waals surface area contributed by atoms with Gasteiger partial charge in [0, 0.05) is 0 Å². The predicted octanol–water partition coefficient (Wildman–Crippen LogP) is 1.15. The van der Waals surface area contributed by atoms with Crippen LogP contribution >= 0.6 is 0 Å². The van der Waals surface area contributed by atoms with Crippen molar-refractivity contribution in [3.63, 3.8) is 0 Å². The van der Waals surface area contributed by atoms with E-state index in [0.717, 1.165) is 12.1 Å². The van der Waals surface area contributed by atoms with E-state index in [0.29, 0.717) is 0 Å². The van der Waals surface area contributed by atoms with Crippen LogP contribution in [0.25, 0.3) is 0 Å². The van der Waals surface area contributed by atoms with Crippen LogP contribution in [-0.4, -0.2) is 22.4 Å². The van der Waals surface area contributed by atoms with Crippen LogP contribution in [0.4, 0.5) is 18.9 Å². The average Bonchev–Trinajstić information content (AvgIpc) is 2.17. The van der Waals surface area contributed by atoms with Crippen LogP contribution in [0.3, 0.4) is 0 Å². The molecule has 1 aromatic carbocycles. The van der Waals surface area contributed by atoms with Gasteiger partial charge >= 0.3 is 12.1 Å². The summed E-state index contributed by atoms with van der Waals surface area (Å²) in [6, 6.07) is 1.92. The van der Waals surface area contributed by atoms with E-state index >= 15 is 0 Å². The molecule has 0 unspecified atom stereocenters. The van der Waals surface area contributed by atoms with Gasteiger partial charge in [-0.3, -0.25) is 0 Å². The highest BCUT2D eigenvalue weighted by molar-refractivity contribution is 5.81. The molecular formula is C8H6F3NO4. The van der Waals surface area contributed by atoms with Crippen LogP contribution in [-0.2, 0) is 4.79 Å². The summed E-state index contributed by atoms with van der Waals surface area (Å²) in [5, 5.41) is 18.1. The van der Waals surface area contributed by atoms with Crippen LogP contribution in [0.2, 0.25) is 0 Å². The number of carbonyl (C=O) groups excluding carboxylic acids is 1. The Morgan fingerprint density at radius 1 is 1.31 bits per heavy atom. The summed E-state index contributed by atoms with van der Waals surface area (Å²) < 4.78 is 39.3. The Labute approximate surface area is 86.9 Å². The number of aromatic hydroxyl groups is 2. The number of nitrogens with two attached hydrogens (primary N) is 1. The van der Waals surface area contributed by atoms with E-state index in [9.17, 15) is 18.0 Å². The summed E-state index contributed by atoms with van der Waals surface area (Å²) in [6.45, 7) is 0. The van der Waals surface area contributed by atoms with Crippen LogP contribution < -0.4 is 10.5 Å². The molecule has 0 radical (unpaired) electrons. The number of ether oxygens (including phenoxy) is 1. The second-order valence-electron chi connectivity index (χ2n) is 2.74. The normalized spacial score (nSPS) is 11.2. The summed E-state index contributed by atoms with van der Waals surface area (Å²) in [6.07, 6.45) is -5.22. The second-order valence-corrected chi connectivity index (χ2v) is 2.74. The molecule has 0 aliphatic heterocycles. The van der Waals surface area contributed by atoms with E-state index in [4.69, 9.17) is 15.9 Å². The Hall–Kier alpha value is -2.12. The molecule has 0 spiro atoms. The molecule has 0 amide bonds. The molecule has 0 aromatic heterocycles. The first-order valence-corrected chi connectivity index (χ1v) is 3.83. The van der Waals surface area contributed by atoms with E-state index in [2.05, 4.69) is 4.74 Å². The summed E-state index contributed by atoms with van der Waals surface area (Å²) in [5.41, 5.74) is 4.76. The number of benzene rings is 1. The number of phenolic OH excluding ortho intramolecular Hbond substituents is 2. The zero-order valence-electron chi connectivity index (χ0n) is 7.58. The Kier molecular flexibility index (Phi) is 2.84. The molecule has 88 valence electrons. The van der Waals surface area contributed by atoms with Gasteiger partial charge in [-0.15, -0.1) is 0 Å². The van der Waals surface area contributed by atoms with Gasteiger partial charge in [-0.25, -0.2) is 4.79 Å². The number of phenols is 2. The third kappa shape index (κ3) is 2.27. The van der Waals surface area contributed by atoms with Crippen molar-refractivity contribution in [2.45, 2.75) is 6.18 Å². The summed E-state index contributed by atoms with van der Waals surface area (Å²) in [7, 11) is 0. The van der Waals surface area contributed by atoms with E-state index < -0.39 is 35.1 Å². The van der Waals surface area contributed by atoms with Crippen LogP contribution in [0.1, 0.15) is 0 Å². The smallest absolute Gasteiger partial charge is 0.491 e. The lowest BCUT2D eigenvalue weighted by atomic mass is 10.2. The van der Waals surface area contributed by atoms with Gasteiger partial charge in [-0.2, -0.15) is 13.2 Å². The fourth-order valence-electron chi connectivity index (χ4n) is 0.834. The lowest BCUT2D eigenvalue weighted by Gasteiger charge is -2.10. The first-order valence-electron chi connectivity index (χ1n) is 3.83. The number of alkyl halides is 3. The van der Waals surface area contributed by atoms with E-state index in [1.54, 1.807) is 0 Å². The molecule has 0 heterocycles. The summed E-state index contributed by atoms with van der Waals surface area (Å²) >= 11 is 0. The second kappa shape index (κ2) is 3.80. The summed E-state index contributed by atoms with van der Waals surface area (Å²) in [4.78, 5) is 10.5. The molecule has 1 aromatic rings. The lowest BCUT2D eigenvalue weighted by Crippen LogP contribution is -2.28. The fourth-order valence-corrected chi connectivity index (χ4v) is 0.834. The van der Waals surface area contributed by atoms with Gasteiger partial charge in [0.1, 0.15) is 0 Å². The molecule has 1 rings (SSSR count). The number of rotatable bonds is 1. The topological polar surface area (TPSA) is 92.8 Å². The Morgan fingerprint density at radius 3 is 2.38 bits per heavy atom. The Morgan fingerprint density at radius 2 is 1.88 bits per heavy atom. The highest BCUT2D eigenvalue weighted by Crippen LogP contribution is 2.40. The highest BCUT2D eigenvalue weighted by atomic mass is 19.4. The van der Waals surface area contributed by atoms with Gasteiger partial charge in [0.15, 0.2) is 11.5 Å². The maximum absolute atomic E-state index is 11.8. The number of nitrogen functional groups attached to an aromatic ring is 1. The van der Waals surface area contributed by atoms with E-state index in [1.165, 1.54) is 0 Å². The van der Waals surface area contributed by atoms with Crippen molar-refractivity contribution in [2.24, 2.45) is 0 Å². The van der Waals surface area contributed by atoms with Crippen molar-refractivity contribution >= 4 is 11.7 Å². The van der Waals surface area contributed by atoms with Crippen molar-refractivity contribution in [3.8, 4) is 17.2 Å². The van der Waals surface area contributed by atoms with Gasteiger partial charge in [0.05, 0.1) is 5.69 Å². The standard InChI is InChI=1S/C8H6F3NO4/c9-8(10,11)7(15)16-6-3(12)1-2-4(13)5(6)14/h1-2,13-14H,12H2. The van der Waals surface area contributed by atoms with Gasteiger partial charge in [0.25, 0.3) is 0 Å². The van der Waals surface area contributed by atoms with Crippen LogP contribution in [0.5, 0.6) is 17.2 Å². The highest BCUT2D eigenvalue weighted by Gasteiger charge is 2.42.